The van der Waals surface area contributed by atoms with E-state index in [9.17, 15) is 4.79 Å². The Bertz CT molecular complexity index is 749. The molecule has 1 saturated heterocycles. The molecule has 0 radical (unpaired) electrons. The highest BCUT2D eigenvalue weighted by molar-refractivity contribution is 5.12. The molecule has 1 unspecified atom stereocenters. The molecule has 3 heterocycles. The van der Waals surface area contributed by atoms with Gasteiger partial charge in [-0.2, -0.15) is 10.1 Å². The second-order valence-corrected chi connectivity index (χ2v) is 6.55. The fraction of sp³-hybridized carbons (Fsp3) is 0.625. The Morgan fingerprint density at radius 2 is 2.17 bits per heavy atom. The number of hydrogen-bond acceptors (Lipinski definition) is 6. The first-order valence-electron chi connectivity index (χ1n) is 8.30. The molecule has 0 amide bonds. The highest BCUT2D eigenvalue weighted by Gasteiger charge is 2.29. The molecule has 122 valence electrons. The average Bonchev–Trinajstić information content (AvgIpc) is 3.18. The van der Waals surface area contributed by atoms with Gasteiger partial charge in [-0.05, 0) is 45.2 Å². The lowest BCUT2D eigenvalue weighted by Crippen LogP contribution is -2.37. The van der Waals surface area contributed by atoms with Crippen molar-refractivity contribution in [1.29, 1.82) is 0 Å². The summed E-state index contributed by atoms with van der Waals surface area (Å²) in [6.45, 7) is 4.08. The van der Waals surface area contributed by atoms with Crippen LogP contribution in [0, 0.1) is 6.92 Å². The molecule has 2 aliphatic rings. The molecule has 1 aliphatic carbocycles. The van der Waals surface area contributed by atoms with Crippen molar-refractivity contribution in [2.24, 2.45) is 0 Å². The minimum Gasteiger partial charge on any atom is -0.338 e. The van der Waals surface area contributed by atoms with E-state index >= 15 is 0 Å². The first-order chi connectivity index (χ1) is 11.2. The summed E-state index contributed by atoms with van der Waals surface area (Å²) < 4.78 is 6.86. The summed E-state index contributed by atoms with van der Waals surface area (Å²) in [5, 5.41) is 8.41. The van der Waals surface area contributed by atoms with Crippen molar-refractivity contribution in [2.45, 2.75) is 57.7 Å². The number of nitrogens with zero attached hydrogens (tertiary/aromatic N) is 5. The molecule has 0 N–H and O–H groups in total. The molecule has 23 heavy (non-hydrogen) atoms. The molecule has 2 aromatic rings. The van der Waals surface area contributed by atoms with E-state index in [1.54, 1.807) is 10.7 Å². The van der Waals surface area contributed by atoms with Crippen LogP contribution in [0.5, 0.6) is 0 Å². The fourth-order valence-corrected chi connectivity index (χ4v) is 3.28. The van der Waals surface area contributed by atoms with Gasteiger partial charge in [-0.3, -0.25) is 9.69 Å². The van der Waals surface area contributed by atoms with E-state index in [4.69, 9.17) is 4.52 Å². The Labute approximate surface area is 134 Å². The molecular weight excluding hydrogens is 294 g/mol. The van der Waals surface area contributed by atoms with E-state index in [1.165, 1.54) is 12.8 Å². The van der Waals surface area contributed by atoms with E-state index in [-0.39, 0.29) is 5.56 Å². The van der Waals surface area contributed by atoms with Gasteiger partial charge in [-0.25, -0.2) is 4.68 Å². The van der Waals surface area contributed by atoms with Crippen molar-refractivity contribution in [3.63, 3.8) is 0 Å². The normalized spacial score (nSPS) is 21.9. The summed E-state index contributed by atoms with van der Waals surface area (Å²) in [6.07, 6.45) is 4.57. The third-order valence-corrected chi connectivity index (χ3v) is 4.67. The van der Waals surface area contributed by atoms with Gasteiger partial charge in [0.15, 0.2) is 5.82 Å². The fourth-order valence-electron chi connectivity index (χ4n) is 3.28. The molecule has 2 aromatic heterocycles. The summed E-state index contributed by atoms with van der Waals surface area (Å²) in [5.74, 6) is 1.86. The van der Waals surface area contributed by atoms with Crippen LogP contribution in [0.2, 0.25) is 0 Å². The standard InChI is InChI=1S/C16H21N5O2/c1-11-17-15(23-19-11)10-20-8-2-3-13(20)9-21-16(22)7-6-14(18-21)12-4-5-12/h6-7,12-13H,2-5,8-10H2,1H3. The van der Waals surface area contributed by atoms with Crippen LogP contribution in [0.4, 0.5) is 0 Å². The zero-order chi connectivity index (χ0) is 15.8. The molecule has 7 nitrogen and oxygen atoms in total. The maximum absolute atomic E-state index is 12.1. The van der Waals surface area contributed by atoms with Crippen LogP contribution >= 0.6 is 0 Å². The Kier molecular flexibility index (Phi) is 3.72. The van der Waals surface area contributed by atoms with Crippen LogP contribution in [0.3, 0.4) is 0 Å². The van der Waals surface area contributed by atoms with E-state index in [0.717, 1.165) is 25.1 Å². The van der Waals surface area contributed by atoms with Gasteiger partial charge in [0.1, 0.15) is 0 Å². The summed E-state index contributed by atoms with van der Waals surface area (Å²) in [5.41, 5.74) is 1.04. The van der Waals surface area contributed by atoms with Gasteiger partial charge in [0.2, 0.25) is 5.89 Å². The first kappa shape index (κ1) is 14.6. The molecule has 0 bridgehead atoms. The second kappa shape index (κ2) is 5.88. The summed E-state index contributed by atoms with van der Waals surface area (Å²) >= 11 is 0. The lowest BCUT2D eigenvalue weighted by Gasteiger charge is -2.23. The van der Waals surface area contributed by atoms with Crippen LogP contribution in [-0.2, 0) is 13.1 Å². The van der Waals surface area contributed by atoms with Gasteiger partial charge in [0.05, 0.1) is 18.8 Å². The highest BCUT2D eigenvalue weighted by atomic mass is 16.5. The van der Waals surface area contributed by atoms with Crippen LogP contribution in [0.15, 0.2) is 21.5 Å². The number of hydrogen-bond donors (Lipinski definition) is 0. The van der Waals surface area contributed by atoms with Crippen LogP contribution in [0.25, 0.3) is 0 Å². The average molecular weight is 315 g/mol. The molecular formula is C16H21N5O2. The van der Waals surface area contributed by atoms with Gasteiger partial charge in [-0.15, -0.1) is 0 Å². The minimum absolute atomic E-state index is 0.0186. The predicted octanol–water partition coefficient (Wildman–Crippen LogP) is 1.48. The third-order valence-electron chi connectivity index (χ3n) is 4.67. The predicted molar refractivity (Wildman–Crippen MR) is 82.9 cm³/mol. The number of rotatable bonds is 5. The van der Waals surface area contributed by atoms with Gasteiger partial charge in [0.25, 0.3) is 5.56 Å². The maximum Gasteiger partial charge on any atom is 0.266 e. The Morgan fingerprint density at radius 1 is 1.30 bits per heavy atom. The molecule has 0 aromatic carbocycles. The van der Waals surface area contributed by atoms with E-state index in [1.807, 2.05) is 13.0 Å². The number of aromatic nitrogens is 4. The molecule has 7 heteroatoms. The zero-order valence-electron chi connectivity index (χ0n) is 13.3. The molecule has 1 aliphatic heterocycles. The SMILES string of the molecule is Cc1noc(CN2CCCC2Cn2nc(C3CC3)ccc2=O)n1. The van der Waals surface area contributed by atoms with E-state index in [0.29, 0.717) is 36.8 Å². The molecule has 2 fully saturated rings. The Balaban J connectivity index is 1.48. The van der Waals surface area contributed by atoms with E-state index < -0.39 is 0 Å². The monoisotopic (exact) mass is 315 g/mol. The molecule has 0 spiro atoms. The number of likely N-dealkylation sites (tertiary alicyclic amines) is 1. The smallest absolute Gasteiger partial charge is 0.266 e. The van der Waals surface area contributed by atoms with Crippen LogP contribution in [0.1, 0.15) is 49.0 Å². The van der Waals surface area contributed by atoms with Gasteiger partial charge < -0.3 is 4.52 Å². The van der Waals surface area contributed by atoms with Crippen molar-refractivity contribution in [3.8, 4) is 0 Å². The van der Waals surface area contributed by atoms with Gasteiger partial charge in [-0.1, -0.05) is 5.16 Å². The number of aryl methyl sites for hydroxylation is 1. The highest BCUT2D eigenvalue weighted by Crippen LogP contribution is 2.38. The zero-order valence-corrected chi connectivity index (χ0v) is 13.3. The minimum atomic E-state index is -0.0186. The van der Waals surface area contributed by atoms with Crippen molar-refractivity contribution < 1.29 is 4.52 Å². The molecule has 4 rings (SSSR count). The summed E-state index contributed by atoms with van der Waals surface area (Å²) in [4.78, 5) is 18.7. The van der Waals surface area contributed by atoms with Crippen LogP contribution < -0.4 is 5.56 Å². The van der Waals surface area contributed by atoms with E-state index in [2.05, 4.69) is 20.1 Å². The maximum atomic E-state index is 12.1. The quantitative estimate of drug-likeness (QED) is 0.831. The molecule has 1 saturated carbocycles. The van der Waals surface area contributed by atoms with Crippen molar-refractivity contribution >= 4 is 0 Å². The third kappa shape index (κ3) is 3.19. The lowest BCUT2D eigenvalue weighted by molar-refractivity contribution is 0.190. The largest absolute Gasteiger partial charge is 0.338 e. The Hall–Kier alpha value is -2.02. The van der Waals surface area contributed by atoms with Gasteiger partial charge in [0, 0.05) is 18.0 Å². The first-order valence-corrected chi connectivity index (χ1v) is 8.30. The van der Waals surface area contributed by atoms with Gasteiger partial charge >= 0.3 is 0 Å². The van der Waals surface area contributed by atoms with Crippen molar-refractivity contribution in [1.82, 2.24) is 24.8 Å². The summed E-state index contributed by atoms with van der Waals surface area (Å²) in [7, 11) is 0. The second-order valence-electron chi connectivity index (χ2n) is 6.55. The molecule has 1 atom stereocenters. The van der Waals surface area contributed by atoms with Crippen LogP contribution in [-0.4, -0.2) is 37.4 Å². The lowest BCUT2D eigenvalue weighted by atomic mass is 10.2. The Morgan fingerprint density at radius 3 is 2.91 bits per heavy atom. The van der Waals surface area contributed by atoms with Crippen molar-refractivity contribution in [3.05, 3.63) is 39.9 Å². The van der Waals surface area contributed by atoms with Crippen molar-refractivity contribution in [2.75, 3.05) is 6.54 Å². The topological polar surface area (TPSA) is 77.0 Å². The summed E-state index contributed by atoms with van der Waals surface area (Å²) in [6, 6.07) is 3.83.